The lowest BCUT2D eigenvalue weighted by Crippen LogP contribution is -2.48. The molecule has 0 unspecified atom stereocenters. The zero-order valence-electron chi connectivity index (χ0n) is 40.2. The highest BCUT2D eigenvalue weighted by atomic mass is 15.1. The summed E-state index contributed by atoms with van der Waals surface area (Å²) in [6.07, 6.45) is 8.66. The van der Waals surface area contributed by atoms with Gasteiger partial charge in [-0.2, -0.15) is 0 Å². The van der Waals surface area contributed by atoms with Gasteiger partial charge in [0.1, 0.15) is 0 Å². The third-order valence-electron chi connectivity index (χ3n) is 17.4. The maximum Gasteiger partial charge on any atom is 0.0540 e. The second-order valence-corrected chi connectivity index (χ2v) is 21.9. The molecule has 10 aromatic carbocycles. The third-order valence-corrected chi connectivity index (χ3v) is 17.4. The number of anilines is 3. The summed E-state index contributed by atoms with van der Waals surface area (Å²) >= 11 is 0. The molecule has 0 amide bonds. The van der Waals surface area contributed by atoms with E-state index in [1.807, 2.05) is 0 Å². The number of nitrogens with zero attached hydrogens (tertiary/aromatic N) is 1. The summed E-state index contributed by atoms with van der Waals surface area (Å²) < 4.78 is 0. The lowest BCUT2D eigenvalue weighted by molar-refractivity contribution is -0.00518. The van der Waals surface area contributed by atoms with Crippen LogP contribution in [-0.4, -0.2) is 0 Å². The molecule has 0 aromatic heterocycles. The molecule has 5 aliphatic rings. The average molecular weight is 900 g/mol. The quantitative estimate of drug-likeness (QED) is 0.147. The number of hydrogen-bond acceptors (Lipinski definition) is 1. The predicted molar refractivity (Wildman–Crippen MR) is 295 cm³/mol. The Balaban J connectivity index is 0.914. The maximum atomic E-state index is 2.54. The first-order chi connectivity index (χ1) is 34.3. The van der Waals surface area contributed by atoms with Crippen LogP contribution in [0.25, 0.3) is 77.2 Å². The minimum Gasteiger partial charge on any atom is -0.309 e. The van der Waals surface area contributed by atoms with Crippen LogP contribution in [0.5, 0.6) is 0 Å². The van der Waals surface area contributed by atoms with E-state index in [4.69, 9.17) is 0 Å². The molecule has 4 bridgehead atoms. The van der Waals surface area contributed by atoms with E-state index in [9.17, 15) is 0 Å². The second kappa shape index (κ2) is 16.0. The topological polar surface area (TPSA) is 3.24 Å². The van der Waals surface area contributed by atoms with Crippen LogP contribution < -0.4 is 4.90 Å². The van der Waals surface area contributed by atoms with Gasteiger partial charge in [-0.3, -0.25) is 0 Å². The van der Waals surface area contributed by atoms with Crippen LogP contribution in [0.15, 0.2) is 218 Å². The van der Waals surface area contributed by atoms with E-state index in [0.717, 1.165) is 34.8 Å². The summed E-state index contributed by atoms with van der Waals surface area (Å²) in [5, 5.41) is 4.95. The van der Waals surface area contributed by atoms with Crippen LogP contribution in [0.4, 0.5) is 17.1 Å². The fourth-order valence-electron chi connectivity index (χ4n) is 14.4. The van der Waals surface area contributed by atoms with Crippen molar-refractivity contribution in [3.63, 3.8) is 0 Å². The third kappa shape index (κ3) is 6.73. The highest BCUT2D eigenvalue weighted by molar-refractivity contribution is 6.03. The molecule has 0 radical (unpaired) electrons. The van der Waals surface area contributed by atoms with Gasteiger partial charge in [-0.25, -0.2) is 0 Å². The Morgan fingerprint density at radius 1 is 0.357 bits per heavy atom. The lowest BCUT2D eigenvalue weighted by Gasteiger charge is -2.57. The fraction of sp³-hybridized carbons (Fsp3) is 0.188. The molecule has 70 heavy (non-hydrogen) atoms. The lowest BCUT2D eigenvalue weighted by atomic mass is 9.48. The first-order valence-corrected chi connectivity index (χ1v) is 25.8. The van der Waals surface area contributed by atoms with Crippen LogP contribution in [0.1, 0.15) is 69.1 Å². The number of para-hydroxylation sites is 1. The Morgan fingerprint density at radius 3 is 1.66 bits per heavy atom. The first-order valence-electron chi connectivity index (χ1n) is 25.8. The molecule has 10 aromatic rings. The van der Waals surface area contributed by atoms with Crippen molar-refractivity contribution in [3.8, 4) is 55.6 Å². The standard InChI is InChI=1S/C69H57N/c1-68(2)64-20-9-7-17-60(64)61-34-33-57(41-65(61)68)70(66-21-10-8-18-62(66)59-19-11-15-52-13-5-6-16-58(52)59)67-35-30-54(40-63(67)55-27-26-48-12-3-4-14-53(48)39-55)51-24-22-49(23-25-51)50-28-31-56(32-29-50)69-42-45-36-46(43-69)38-47(37-45)44-69/h3-35,39-41,45-47H,36-38,42-44H2,1-2H3. The first kappa shape index (κ1) is 41.5. The number of rotatable bonds is 8. The van der Waals surface area contributed by atoms with Gasteiger partial charge in [0.25, 0.3) is 0 Å². The van der Waals surface area contributed by atoms with Crippen molar-refractivity contribution in [1.29, 1.82) is 0 Å². The van der Waals surface area contributed by atoms with E-state index >= 15 is 0 Å². The molecular formula is C69H57N. The van der Waals surface area contributed by atoms with Crippen molar-refractivity contribution in [3.05, 3.63) is 235 Å². The van der Waals surface area contributed by atoms with Gasteiger partial charge >= 0.3 is 0 Å². The van der Waals surface area contributed by atoms with Crippen LogP contribution in [-0.2, 0) is 10.8 Å². The minimum absolute atomic E-state index is 0.156. The van der Waals surface area contributed by atoms with Gasteiger partial charge in [0.2, 0.25) is 0 Å². The van der Waals surface area contributed by atoms with E-state index < -0.39 is 0 Å². The van der Waals surface area contributed by atoms with Crippen molar-refractivity contribution in [2.75, 3.05) is 4.90 Å². The Kier molecular flexibility index (Phi) is 9.51. The molecule has 0 atom stereocenters. The Labute approximate surface area is 413 Å². The van der Waals surface area contributed by atoms with Gasteiger partial charge in [-0.15, -0.1) is 0 Å². The van der Waals surface area contributed by atoms with Crippen molar-refractivity contribution in [1.82, 2.24) is 0 Å². The van der Waals surface area contributed by atoms with Crippen molar-refractivity contribution >= 4 is 38.6 Å². The summed E-state index contributed by atoms with van der Waals surface area (Å²) in [5.74, 6) is 2.86. The van der Waals surface area contributed by atoms with Gasteiger partial charge in [0.05, 0.1) is 11.4 Å². The molecule has 0 aliphatic heterocycles. The molecule has 4 saturated carbocycles. The van der Waals surface area contributed by atoms with Crippen LogP contribution in [0, 0.1) is 17.8 Å². The monoisotopic (exact) mass is 899 g/mol. The largest absolute Gasteiger partial charge is 0.309 e. The van der Waals surface area contributed by atoms with Gasteiger partial charge in [0.15, 0.2) is 0 Å². The maximum absolute atomic E-state index is 2.54. The van der Waals surface area contributed by atoms with Crippen molar-refractivity contribution < 1.29 is 0 Å². The van der Waals surface area contributed by atoms with Gasteiger partial charge < -0.3 is 4.90 Å². The van der Waals surface area contributed by atoms with Gasteiger partial charge in [-0.1, -0.05) is 196 Å². The van der Waals surface area contributed by atoms with Crippen LogP contribution in [0.2, 0.25) is 0 Å². The highest BCUT2D eigenvalue weighted by Crippen LogP contribution is 2.61. The Bertz CT molecular complexity index is 3620. The van der Waals surface area contributed by atoms with Crippen LogP contribution >= 0.6 is 0 Å². The molecule has 0 N–H and O–H groups in total. The smallest absolute Gasteiger partial charge is 0.0540 e. The van der Waals surface area contributed by atoms with Gasteiger partial charge in [0, 0.05) is 22.2 Å². The molecule has 338 valence electrons. The summed E-state index contributed by atoms with van der Waals surface area (Å²) in [7, 11) is 0. The summed E-state index contributed by atoms with van der Waals surface area (Å²) in [4.78, 5) is 2.54. The highest BCUT2D eigenvalue weighted by Gasteiger charge is 2.51. The zero-order valence-corrected chi connectivity index (χ0v) is 40.2. The van der Waals surface area contributed by atoms with E-state index in [2.05, 4.69) is 237 Å². The molecule has 0 saturated heterocycles. The van der Waals surface area contributed by atoms with E-state index in [1.165, 1.54) is 127 Å². The molecule has 1 heteroatoms. The summed E-state index contributed by atoms with van der Waals surface area (Å²) in [6, 6.07) is 82.6. The van der Waals surface area contributed by atoms with E-state index in [-0.39, 0.29) is 5.41 Å². The van der Waals surface area contributed by atoms with Crippen molar-refractivity contribution in [2.45, 2.75) is 63.2 Å². The molecule has 0 spiro atoms. The minimum atomic E-state index is -0.156. The molecular weight excluding hydrogens is 843 g/mol. The zero-order chi connectivity index (χ0) is 46.6. The van der Waals surface area contributed by atoms with E-state index in [1.54, 1.807) is 5.56 Å². The van der Waals surface area contributed by atoms with Gasteiger partial charge in [-0.05, 0) is 181 Å². The SMILES string of the molecule is CC1(C)c2ccccc2-c2ccc(N(c3ccc(-c4ccc(-c5ccc(C67CC8CC(CC(C8)C6)C7)cc5)cc4)cc3-c3ccc4ccccc4c3)c3ccccc3-c3cccc4ccccc34)cc21. The molecule has 15 rings (SSSR count). The molecule has 1 nitrogen and oxygen atoms in total. The molecule has 5 aliphatic carbocycles. The van der Waals surface area contributed by atoms with E-state index in [0.29, 0.717) is 5.41 Å². The molecule has 4 fully saturated rings. The summed E-state index contributed by atoms with van der Waals surface area (Å²) in [6.45, 7) is 4.77. The summed E-state index contributed by atoms with van der Waals surface area (Å²) in [5.41, 5.74) is 20.4. The normalized spacial score (nSPS) is 20.4. The Morgan fingerprint density at radius 2 is 0.900 bits per heavy atom. The van der Waals surface area contributed by atoms with Crippen molar-refractivity contribution in [2.24, 2.45) is 17.8 Å². The fourth-order valence-corrected chi connectivity index (χ4v) is 14.4. The number of benzene rings is 10. The molecule has 0 heterocycles. The Hall–Kier alpha value is -7.48. The second-order valence-electron chi connectivity index (χ2n) is 21.9. The predicted octanol–water partition coefficient (Wildman–Crippen LogP) is 18.9. The number of hydrogen-bond donors (Lipinski definition) is 0. The van der Waals surface area contributed by atoms with Crippen LogP contribution in [0.3, 0.4) is 0 Å². The average Bonchev–Trinajstić information content (AvgIpc) is 3.63. The number of fused-ring (bicyclic) bond motifs is 5.